The summed E-state index contributed by atoms with van der Waals surface area (Å²) in [7, 11) is 0. The molecule has 0 saturated heterocycles. The lowest BCUT2D eigenvalue weighted by Crippen LogP contribution is -2.13. The van der Waals surface area contributed by atoms with Crippen molar-refractivity contribution in [3.05, 3.63) is 59.4 Å². The molecule has 1 amide bonds. The largest absolute Gasteiger partial charge is 0.492 e. The van der Waals surface area contributed by atoms with E-state index in [9.17, 15) is 18.0 Å². The zero-order valence-corrected chi connectivity index (χ0v) is 11.1. The van der Waals surface area contributed by atoms with Crippen LogP contribution in [-0.2, 0) is 0 Å². The van der Waals surface area contributed by atoms with Gasteiger partial charge in [-0.25, -0.2) is 13.2 Å². The number of nitrogens with one attached hydrogen (secondary N) is 1. The molecular weight excluding hydrogens is 283 g/mol. The fraction of sp³-hybridized carbons (Fsp3) is 0.133. The van der Waals surface area contributed by atoms with E-state index in [4.69, 9.17) is 4.74 Å². The van der Waals surface area contributed by atoms with Crippen LogP contribution in [0.15, 0.2) is 36.4 Å². The van der Waals surface area contributed by atoms with E-state index in [1.165, 1.54) is 6.07 Å². The third-order valence-electron chi connectivity index (χ3n) is 2.67. The summed E-state index contributed by atoms with van der Waals surface area (Å²) in [6.07, 6.45) is 0. The molecule has 2 aromatic rings. The highest BCUT2D eigenvalue weighted by atomic mass is 19.2. The maximum atomic E-state index is 13.1. The van der Waals surface area contributed by atoms with Crippen molar-refractivity contribution in [2.24, 2.45) is 0 Å². The smallest absolute Gasteiger partial charge is 0.255 e. The monoisotopic (exact) mass is 295 g/mol. The molecule has 0 unspecified atom stereocenters. The highest BCUT2D eigenvalue weighted by molar-refractivity contribution is 6.05. The number of ether oxygens (including phenoxy) is 1. The predicted molar refractivity (Wildman–Crippen MR) is 71.9 cm³/mol. The molecule has 0 spiro atoms. The van der Waals surface area contributed by atoms with Gasteiger partial charge in [-0.3, -0.25) is 4.79 Å². The average molecular weight is 295 g/mol. The molecule has 0 heterocycles. The maximum Gasteiger partial charge on any atom is 0.255 e. The van der Waals surface area contributed by atoms with Crippen LogP contribution in [0.2, 0.25) is 0 Å². The van der Waals surface area contributed by atoms with E-state index in [1.807, 2.05) is 0 Å². The molecule has 0 saturated carbocycles. The van der Waals surface area contributed by atoms with Gasteiger partial charge in [-0.05, 0) is 37.3 Å². The maximum absolute atomic E-state index is 13.1. The zero-order chi connectivity index (χ0) is 15.4. The van der Waals surface area contributed by atoms with E-state index in [2.05, 4.69) is 5.32 Å². The van der Waals surface area contributed by atoms with Crippen LogP contribution < -0.4 is 10.1 Å². The van der Waals surface area contributed by atoms with Crippen molar-refractivity contribution in [1.29, 1.82) is 0 Å². The fourth-order valence-corrected chi connectivity index (χ4v) is 1.71. The fourth-order valence-electron chi connectivity index (χ4n) is 1.71. The molecule has 2 aromatic carbocycles. The number of hydrogen-bond acceptors (Lipinski definition) is 2. The van der Waals surface area contributed by atoms with Gasteiger partial charge in [0.1, 0.15) is 11.6 Å². The summed E-state index contributed by atoms with van der Waals surface area (Å²) in [4.78, 5) is 12.0. The first-order chi connectivity index (χ1) is 10.0. The minimum Gasteiger partial charge on any atom is -0.492 e. The van der Waals surface area contributed by atoms with Gasteiger partial charge in [-0.1, -0.05) is 0 Å². The molecule has 2 rings (SSSR count). The minimum atomic E-state index is -1.12. The first-order valence-corrected chi connectivity index (χ1v) is 6.20. The predicted octanol–water partition coefficient (Wildman–Crippen LogP) is 3.75. The molecule has 3 nitrogen and oxygen atoms in total. The lowest BCUT2D eigenvalue weighted by molar-refractivity contribution is 0.102. The van der Waals surface area contributed by atoms with Crippen LogP contribution >= 0.6 is 0 Å². The van der Waals surface area contributed by atoms with Crippen molar-refractivity contribution in [3.8, 4) is 5.75 Å². The van der Waals surface area contributed by atoms with Crippen molar-refractivity contribution in [2.75, 3.05) is 11.9 Å². The first kappa shape index (κ1) is 14.9. The lowest BCUT2D eigenvalue weighted by Gasteiger charge is -2.11. The number of benzene rings is 2. The van der Waals surface area contributed by atoms with Gasteiger partial charge < -0.3 is 10.1 Å². The van der Waals surface area contributed by atoms with Crippen molar-refractivity contribution in [3.63, 3.8) is 0 Å². The second-order valence-electron chi connectivity index (χ2n) is 4.16. The highest BCUT2D eigenvalue weighted by Gasteiger charge is 2.13. The van der Waals surface area contributed by atoms with Crippen molar-refractivity contribution in [1.82, 2.24) is 0 Å². The van der Waals surface area contributed by atoms with E-state index in [1.54, 1.807) is 6.92 Å². The number of carbonyl (C=O) groups excluding carboxylic acids is 1. The Bertz CT molecular complexity index is 674. The Balaban J connectivity index is 2.24. The second-order valence-corrected chi connectivity index (χ2v) is 4.16. The van der Waals surface area contributed by atoms with Crippen molar-refractivity contribution < 1.29 is 22.7 Å². The van der Waals surface area contributed by atoms with E-state index in [0.29, 0.717) is 0 Å². The van der Waals surface area contributed by atoms with Gasteiger partial charge >= 0.3 is 0 Å². The molecular formula is C15H12F3NO2. The Morgan fingerprint density at radius 1 is 1.10 bits per heavy atom. The van der Waals surface area contributed by atoms with Gasteiger partial charge in [0.15, 0.2) is 11.6 Å². The Kier molecular flexibility index (Phi) is 4.47. The van der Waals surface area contributed by atoms with Crippen LogP contribution in [-0.4, -0.2) is 12.5 Å². The van der Waals surface area contributed by atoms with E-state index in [0.717, 1.165) is 30.3 Å². The van der Waals surface area contributed by atoms with E-state index >= 15 is 0 Å². The minimum absolute atomic E-state index is 0.0549. The average Bonchev–Trinajstić information content (AvgIpc) is 2.45. The van der Waals surface area contributed by atoms with Crippen LogP contribution in [0.25, 0.3) is 0 Å². The molecule has 21 heavy (non-hydrogen) atoms. The molecule has 0 aromatic heterocycles. The van der Waals surface area contributed by atoms with Crippen molar-refractivity contribution >= 4 is 11.6 Å². The van der Waals surface area contributed by atoms with Gasteiger partial charge in [-0.2, -0.15) is 0 Å². The summed E-state index contributed by atoms with van der Waals surface area (Å²) in [5.41, 5.74) is 0.189. The quantitative estimate of drug-likeness (QED) is 0.932. The second kappa shape index (κ2) is 6.30. The van der Waals surface area contributed by atoms with Gasteiger partial charge in [0.2, 0.25) is 0 Å². The van der Waals surface area contributed by atoms with Crippen LogP contribution in [0, 0.1) is 17.5 Å². The number of anilines is 1. The molecule has 0 radical (unpaired) electrons. The number of halogens is 3. The summed E-state index contributed by atoms with van der Waals surface area (Å²) < 4.78 is 44.3. The molecule has 110 valence electrons. The van der Waals surface area contributed by atoms with Crippen LogP contribution in [0.5, 0.6) is 5.75 Å². The topological polar surface area (TPSA) is 38.3 Å². The van der Waals surface area contributed by atoms with Gasteiger partial charge in [-0.15, -0.1) is 0 Å². The molecule has 0 atom stereocenters. The molecule has 6 heteroatoms. The molecule has 0 fully saturated rings. The Morgan fingerprint density at radius 3 is 2.52 bits per heavy atom. The summed E-state index contributed by atoms with van der Waals surface area (Å²) in [6.45, 7) is 2.00. The Labute approximate surface area is 119 Å². The van der Waals surface area contributed by atoms with Gasteiger partial charge in [0, 0.05) is 11.6 Å². The Hall–Kier alpha value is -2.50. The van der Waals surface area contributed by atoms with Crippen LogP contribution in [0.3, 0.4) is 0 Å². The number of amides is 1. The zero-order valence-electron chi connectivity index (χ0n) is 11.1. The molecule has 0 aliphatic heterocycles. The summed E-state index contributed by atoms with van der Waals surface area (Å²) in [5.74, 6) is -3.16. The highest BCUT2D eigenvalue weighted by Crippen LogP contribution is 2.26. The number of carbonyl (C=O) groups is 1. The first-order valence-electron chi connectivity index (χ1n) is 6.20. The molecule has 0 aliphatic carbocycles. The normalized spacial score (nSPS) is 10.3. The molecule has 0 aliphatic rings. The van der Waals surface area contributed by atoms with Gasteiger partial charge in [0.05, 0.1) is 12.3 Å². The van der Waals surface area contributed by atoms with E-state index < -0.39 is 23.4 Å². The Morgan fingerprint density at radius 2 is 1.86 bits per heavy atom. The molecule has 0 bridgehead atoms. The third kappa shape index (κ3) is 3.53. The summed E-state index contributed by atoms with van der Waals surface area (Å²) >= 11 is 0. The van der Waals surface area contributed by atoms with Crippen molar-refractivity contribution in [2.45, 2.75) is 6.92 Å². The summed E-state index contributed by atoms with van der Waals surface area (Å²) in [6, 6.07) is 6.41. The number of hydrogen-bond donors (Lipinski definition) is 1. The molecule has 1 N–H and O–H groups in total. The van der Waals surface area contributed by atoms with Crippen LogP contribution in [0.4, 0.5) is 18.9 Å². The summed E-state index contributed by atoms with van der Waals surface area (Å²) in [5, 5.41) is 2.47. The van der Waals surface area contributed by atoms with E-state index in [-0.39, 0.29) is 23.6 Å². The SMILES string of the molecule is CCOc1cc(F)ccc1NC(=O)c1ccc(F)c(F)c1. The standard InChI is InChI=1S/C15H12F3NO2/c1-2-21-14-8-10(16)4-6-13(14)19-15(20)9-3-5-11(17)12(18)7-9/h3-8H,2H2,1H3,(H,19,20). The number of rotatable bonds is 4. The van der Waals surface area contributed by atoms with Gasteiger partial charge in [0.25, 0.3) is 5.91 Å². The van der Waals surface area contributed by atoms with Crippen LogP contribution in [0.1, 0.15) is 17.3 Å². The lowest BCUT2D eigenvalue weighted by atomic mass is 10.2. The third-order valence-corrected chi connectivity index (χ3v) is 2.67.